The van der Waals surface area contributed by atoms with Gasteiger partial charge in [0.25, 0.3) is 9.05 Å². The average Bonchev–Trinajstić information content (AvgIpc) is 2.84. The largest absolute Gasteiger partial charge is 0.483 e. The first-order valence-corrected chi connectivity index (χ1v) is 8.20. The van der Waals surface area contributed by atoms with Crippen LogP contribution in [0.5, 0.6) is 5.75 Å². The van der Waals surface area contributed by atoms with E-state index in [-0.39, 0.29) is 6.61 Å². The van der Waals surface area contributed by atoms with Crippen LogP contribution < -0.4 is 4.74 Å². The molecule has 0 aliphatic heterocycles. The summed E-state index contributed by atoms with van der Waals surface area (Å²) in [6.45, 7) is 2.45. The molecular weight excluding hydrogens is 326 g/mol. The van der Waals surface area contributed by atoms with Crippen LogP contribution in [-0.2, 0) is 22.2 Å². The number of ether oxygens (including phenoxy) is 1. The molecule has 2 aromatic rings. The number of aromatic nitrogens is 2. The van der Waals surface area contributed by atoms with Crippen LogP contribution in [-0.4, -0.2) is 18.2 Å². The number of nitrogens with zero attached hydrogens (tertiary/aromatic N) is 2. The summed E-state index contributed by atoms with van der Waals surface area (Å²) in [5.74, 6) is -2.95. The second-order valence-corrected chi connectivity index (χ2v) is 6.71. The van der Waals surface area contributed by atoms with Crippen LogP contribution in [0.1, 0.15) is 12.5 Å². The van der Waals surface area contributed by atoms with Crippen molar-refractivity contribution >= 4 is 19.7 Å². The Bertz CT molecular complexity index is 739. The van der Waals surface area contributed by atoms with E-state index in [2.05, 4.69) is 5.10 Å². The van der Waals surface area contributed by atoms with Gasteiger partial charge in [-0.05, 0) is 19.1 Å². The maximum atomic E-state index is 13.7. The van der Waals surface area contributed by atoms with Crippen LogP contribution in [0.25, 0.3) is 0 Å². The van der Waals surface area contributed by atoms with Crippen LogP contribution in [0.4, 0.5) is 8.78 Å². The fourth-order valence-corrected chi connectivity index (χ4v) is 2.38. The van der Waals surface area contributed by atoms with Gasteiger partial charge in [0.1, 0.15) is 6.61 Å². The van der Waals surface area contributed by atoms with Gasteiger partial charge in [-0.15, -0.1) is 0 Å². The minimum absolute atomic E-state index is 0.0964. The first-order valence-electron chi connectivity index (χ1n) is 5.89. The number of rotatable bonds is 5. The summed E-state index contributed by atoms with van der Waals surface area (Å²) >= 11 is 0. The summed E-state index contributed by atoms with van der Waals surface area (Å²) in [4.78, 5) is -0.662. The van der Waals surface area contributed by atoms with Crippen LogP contribution in [0.15, 0.2) is 29.4 Å². The minimum Gasteiger partial charge on any atom is -0.483 e. The predicted octanol–water partition coefficient (Wildman–Crippen LogP) is 2.69. The molecule has 0 unspecified atom stereocenters. The number of halogens is 3. The third kappa shape index (κ3) is 3.70. The van der Waals surface area contributed by atoms with E-state index < -0.39 is 31.3 Å². The second kappa shape index (κ2) is 5.98. The lowest BCUT2D eigenvalue weighted by Crippen LogP contribution is -2.02. The highest BCUT2D eigenvalue weighted by Gasteiger charge is 2.19. The van der Waals surface area contributed by atoms with E-state index >= 15 is 0 Å². The Hall–Kier alpha value is -1.67. The zero-order valence-corrected chi connectivity index (χ0v) is 12.5. The molecule has 0 radical (unpaired) electrons. The van der Waals surface area contributed by atoms with E-state index in [1.807, 2.05) is 6.92 Å². The molecule has 0 spiro atoms. The summed E-state index contributed by atoms with van der Waals surface area (Å²) in [6.07, 6.45) is 3.18. The quantitative estimate of drug-likeness (QED) is 0.788. The number of benzene rings is 1. The maximum Gasteiger partial charge on any atom is 0.261 e. The van der Waals surface area contributed by atoms with E-state index in [1.54, 1.807) is 10.9 Å². The van der Waals surface area contributed by atoms with Crippen LogP contribution >= 0.6 is 10.7 Å². The molecule has 0 aliphatic carbocycles. The van der Waals surface area contributed by atoms with Crippen molar-refractivity contribution in [3.05, 3.63) is 41.7 Å². The lowest BCUT2D eigenvalue weighted by atomic mass is 10.3. The molecule has 0 aliphatic rings. The molecule has 0 N–H and O–H groups in total. The number of hydrogen-bond acceptors (Lipinski definition) is 4. The van der Waals surface area contributed by atoms with Gasteiger partial charge in [0.15, 0.2) is 17.4 Å². The van der Waals surface area contributed by atoms with Crippen molar-refractivity contribution < 1.29 is 21.9 Å². The summed E-state index contributed by atoms with van der Waals surface area (Å²) in [7, 11) is 0.825. The third-order valence-electron chi connectivity index (χ3n) is 2.65. The Morgan fingerprint density at radius 3 is 2.43 bits per heavy atom. The Kier molecular flexibility index (Phi) is 4.48. The molecule has 9 heteroatoms. The van der Waals surface area contributed by atoms with Gasteiger partial charge >= 0.3 is 0 Å². The molecule has 0 fully saturated rings. The summed E-state index contributed by atoms with van der Waals surface area (Å²) < 4.78 is 56.2. The van der Waals surface area contributed by atoms with Crippen LogP contribution in [0.3, 0.4) is 0 Å². The SMILES string of the molecule is CCn1cc(COc2c(F)cc(S(=O)(=O)Cl)cc2F)cn1. The molecule has 114 valence electrons. The van der Waals surface area contributed by atoms with Crippen molar-refractivity contribution in [2.24, 2.45) is 0 Å². The van der Waals surface area contributed by atoms with Crippen molar-refractivity contribution in [2.75, 3.05) is 0 Å². The molecule has 21 heavy (non-hydrogen) atoms. The van der Waals surface area contributed by atoms with E-state index in [9.17, 15) is 17.2 Å². The number of hydrogen-bond donors (Lipinski definition) is 0. The van der Waals surface area contributed by atoms with E-state index in [4.69, 9.17) is 15.4 Å². The fraction of sp³-hybridized carbons (Fsp3) is 0.250. The van der Waals surface area contributed by atoms with Gasteiger partial charge in [-0.2, -0.15) is 5.10 Å². The highest BCUT2D eigenvalue weighted by molar-refractivity contribution is 8.13. The fourth-order valence-electron chi connectivity index (χ4n) is 1.62. The molecule has 0 amide bonds. The maximum absolute atomic E-state index is 13.7. The molecule has 1 aromatic carbocycles. The lowest BCUT2D eigenvalue weighted by Gasteiger charge is -2.08. The topological polar surface area (TPSA) is 61.2 Å². The van der Waals surface area contributed by atoms with Crippen molar-refractivity contribution in [3.8, 4) is 5.75 Å². The van der Waals surface area contributed by atoms with Crippen LogP contribution in [0.2, 0.25) is 0 Å². The van der Waals surface area contributed by atoms with E-state index in [1.165, 1.54) is 6.20 Å². The average molecular weight is 337 g/mol. The molecule has 0 saturated heterocycles. The van der Waals surface area contributed by atoms with E-state index in [0.29, 0.717) is 24.2 Å². The molecule has 0 atom stereocenters. The van der Waals surface area contributed by atoms with Gasteiger partial charge in [-0.25, -0.2) is 17.2 Å². The van der Waals surface area contributed by atoms with Gasteiger partial charge in [-0.3, -0.25) is 4.68 Å². The minimum atomic E-state index is -4.21. The highest BCUT2D eigenvalue weighted by atomic mass is 35.7. The molecule has 5 nitrogen and oxygen atoms in total. The van der Waals surface area contributed by atoms with Gasteiger partial charge in [0, 0.05) is 29.0 Å². The monoisotopic (exact) mass is 336 g/mol. The Morgan fingerprint density at radius 1 is 1.33 bits per heavy atom. The molecule has 1 aromatic heterocycles. The van der Waals surface area contributed by atoms with E-state index in [0.717, 1.165) is 0 Å². The van der Waals surface area contributed by atoms with Crippen molar-refractivity contribution in [1.29, 1.82) is 0 Å². The van der Waals surface area contributed by atoms with Gasteiger partial charge in [0.05, 0.1) is 11.1 Å². The van der Waals surface area contributed by atoms with Gasteiger partial charge in [-0.1, -0.05) is 0 Å². The van der Waals surface area contributed by atoms with Crippen molar-refractivity contribution in [3.63, 3.8) is 0 Å². The first kappa shape index (κ1) is 15.7. The number of aryl methyl sites for hydroxylation is 1. The second-order valence-electron chi connectivity index (χ2n) is 4.15. The zero-order chi connectivity index (χ0) is 15.6. The zero-order valence-electron chi connectivity index (χ0n) is 10.9. The molecule has 2 rings (SSSR count). The lowest BCUT2D eigenvalue weighted by molar-refractivity contribution is 0.273. The summed E-state index contributed by atoms with van der Waals surface area (Å²) in [5.41, 5.74) is 0.629. The first-order chi connectivity index (χ1) is 9.81. The van der Waals surface area contributed by atoms with Crippen molar-refractivity contribution in [2.45, 2.75) is 25.0 Å². The predicted molar refractivity (Wildman–Crippen MR) is 71.6 cm³/mol. The smallest absolute Gasteiger partial charge is 0.261 e. The van der Waals surface area contributed by atoms with Gasteiger partial charge < -0.3 is 4.74 Å². The van der Waals surface area contributed by atoms with Gasteiger partial charge in [0.2, 0.25) is 0 Å². The Morgan fingerprint density at radius 2 is 1.95 bits per heavy atom. The third-order valence-corrected chi connectivity index (χ3v) is 3.98. The summed E-state index contributed by atoms with van der Waals surface area (Å²) in [6, 6.07) is 1.21. The summed E-state index contributed by atoms with van der Waals surface area (Å²) in [5, 5.41) is 3.99. The van der Waals surface area contributed by atoms with Crippen molar-refractivity contribution in [1.82, 2.24) is 9.78 Å². The molecule has 0 saturated carbocycles. The molecule has 1 heterocycles. The molecular formula is C12H11ClF2N2O3S. The Balaban J connectivity index is 2.21. The van der Waals surface area contributed by atoms with Crippen LogP contribution in [0, 0.1) is 11.6 Å². The highest BCUT2D eigenvalue weighted by Crippen LogP contribution is 2.27. The standard InChI is InChI=1S/C12H11ClF2N2O3S/c1-2-17-6-8(5-16-17)7-20-12-10(14)3-9(4-11(12)15)21(13,18)19/h3-6H,2,7H2,1H3. The normalized spacial score (nSPS) is 11.6. The molecule has 0 bridgehead atoms. The Labute approximate surface area is 124 Å².